The largest absolute Gasteiger partial charge is 0.467 e. The molecule has 2 N–H and O–H groups in total. The van der Waals surface area contributed by atoms with Crippen molar-refractivity contribution >= 4 is 23.4 Å². The lowest BCUT2D eigenvalue weighted by Gasteiger charge is -2.06. The second-order valence-corrected chi connectivity index (χ2v) is 4.63. The van der Waals surface area contributed by atoms with Gasteiger partial charge in [0.25, 0.3) is 5.91 Å². The lowest BCUT2D eigenvalue weighted by Crippen LogP contribution is -2.37. The van der Waals surface area contributed by atoms with E-state index in [1.54, 1.807) is 29.9 Å². The highest BCUT2D eigenvalue weighted by molar-refractivity contribution is 6.31. The van der Waals surface area contributed by atoms with Gasteiger partial charge in [0, 0.05) is 13.2 Å². The highest BCUT2D eigenvalue weighted by atomic mass is 35.5. The zero-order chi connectivity index (χ0) is 14.5. The molecule has 20 heavy (non-hydrogen) atoms. The molecule has 0 unspecified atom stereocenters. The number of nitrogens with zero attached hydrogens (tertiary/aromatic N) is 1. The Balaban J connectivity index is 1.78. The Bertz CT molecular complexity index is 604. The van der Waals surface area contributed by atoms with Gasteiger partial charge in [-0.15, -0.1) is 0 Å². The Morgan fingerprint density at radius 1 is 1.40 bits per heavy atom. The lowest BCUT2D eigenvalue weighted by molar-refractivity contribution is -0.120. The number of aromatic nitrogens is 1. The van der Waals surface area contributed by atoms with Crippen molar-refractivity contribution < 1.29 is 14.0 Å². The molecule has 0 saturated heterocycles. The van der Waals surface area contributed by atoms with Crippen LogP contribution < -0.4 is 10.6 Å². The fraction of sp³-hybridized carbons (Fsp3) is 0.231. The maximum absolute atomic E-state index is 11.8. The summed E-state index contributed by atoms with van der Waals surface area (Å²) in [6.45, 7) is 0.181. The minimum absolute atomic E-state index is 0.109. The van der Waals surface area contributed by atoms with Gasteiger partial charge in [-0.25, -0.2) is 0 Å². The Morgan fingerprint density at radius 2 is 2.20 bits per heavy atom. The van der Waals surface area contributed by atoms with Crippen LogP contribution in [0.15, 0.2) is 35.1 Å². The molecule has 0 radical (unpaired) electrons. The van der Waals surface area contributed by atoms with Crippen molar-refractivity contribution in [1.82, 2.24) is 15.2 Å². The molecule has 2 heterocycles. The van der Waals surface area contributed by atoms with Crippen LogP contribution in [0.3, 0.4) is 0 Å². The number of carbonyl (C=O) groups excluding carboxylic acids is 2. The summed E-state index contributed by atoms with van der Waals surface area (Å²) in [5, 5.41) is 5.63. The molecule has 2 rings (SSSR count). The predicted molar refractivity (Wildman–Crippen MR) is 73.3 cm³/mol. The molecule has 0 aliphatic rings. The second kappa shape index (κ2) is 6.29. The molecule has 0 saturated carbocycles. The first-order valence-corrected chi connectivity index (χ1v) is 6.33. The molecular weight excluding hydrogens is 282 g/mol. The first-order valence-electron chi connectivity index (χ1n) is 5.95. The third kappa shape index (κ3) is 3.64. The molecule has 2 amide bonds. The molecule has 2 aromatic rings. The standard InChI is InChI=1S/C13H14ClN3O3/c1-17-8-9(14)5-11(17)13(19)16-7-12(18)15-6-10-3-2-4-20-10/h2-5,8H,6-7H2,1H3,(H,15,18)(H,16,19). The highest BCUT2D eigenvalue weighted by Gasteiger charge is 2.12. The van der Waals surface area contributed by atoms with Crippen molar-refractivity contribution in [2.45, 2.75) is 6.54 Å². The quantitative estimate of drug-likeness (QED) is 0.873. The van der Waals surface area contributed by atoms with Crippen LogP contribution in [0.1, 0.15) is 16.2 Å². The minimum atomic E-state index is -0.354. The van der Waals surface area contributed by atoms with Crippen molar-refractivity contribution in [3.8, 4) is 0 Å². The van der Waals surface area contributed by atoms with Gasteiger partial charge in [0.15, 0.2) is 0 Å². The zero-order valence-electron chi connectivity index (χ0n) is 10.9. The van der Waals surface area contributed by atoms with E-state index in [1.807, 2.05) is 0 Å². The van der Waals surface area contributed by atoms with E-state index in [0.29, 0.717) is 16.5 Å². The van der Waals surface area contributed by atoms with Gasteiger partial charge in [0.2, 0.25) is 5.91 Å². The fourth-order valence-corrected chi connectivity index (χ4v) is 1.91. The molecule has 0 atom stereocenters. The van der Waals surface area contributed by atoms with Gasteiger partial charge < -0.3 is 19.6 Å². The van der Waals surface area contributed by atoms with Crippen LogP contribution in [-0.2, 0) is 18.4 Å². The Hall–Kier alpha value is -2.21. The topological polar surface area (TPSA) is 76.3 Å². The van der Waals surface area contributed by atoms with E-state index in [9.17, 15) is 9.59 Å². The van der Waals surface area contributed by atoms with E-state index in [4.69, 9.17) is 16.0 Å². The number of hydrogen-bond donors (Lipinski definition) is 2. The van der Waals surface area contributed by atoms with E-state index in [2.05, 4.69) is 10.6 Å². The van der Waals surface area contributed by atoms with Crippen LogP contribution >= 0.6 is 11.6 Å². The molecule has 0 aromatic carbocycles. The molecule has 0 bridgehead atoms. The summed E-state index contributed by atoms with van der Waals surface area (Å²) in [4.78, 5) is 23.4. The van der Waals surface area contributed by atoms with Crippen LogP contribution in [-0.4, -0.2) is 22.9 Å². The zero-order valence-corrected chi connectivity index (χ0v) is 11.6. The number of amides is 2. The van der Waals surface area contributed by atoms with Gasteiger partial charge in [0.1, 0.15) is 11.5 Å². The molecule has 0 spiro atoms. The number of aryl methyl sites for hydroxylation is 1. The number of rotatable bonds is 5. The highest BCUT2D eigenvalue weighted by Crippen LogP contribution is 2.12. The van der Waals surface area contributed by atoms with Crippen molar-refractivity contribution in [3.63, 3.8) is 0 Å². The third-order valence-electron chi connectivity index (χ3n) is 2.65. The van der Waals surface area contributed by atoms with Crippen molar-refractivity contribution in [2.75, 3.05) is 6.54 Å². The maximum atomic E-state index is 11.8. The van der Waals surface area contributed by atoms with Gasteiger partial charge in [-0.05, 0) is 18.2 Å². The summed E-state index contributed by atoms with van der Waals surface area (Å²) >= 11 is 5.79. The van der Waals surface area contributed by atoms with E-state index in [-0.39, 0.29) is 24.9 Å². The SMILES string of the molecule is Cn1cc(Cl)cc1C(=O)NCC(=O)NCc1ccco1. The maximum Gasteiger partial charge on any atom is 0.268 e. The average Bonchev–Trinajstić information content (AvgIpc) is 3.03. The summed E-state index contributed by atoms with van der Waals surface area (Å²) in [7, 11) is 1.71. The van der Waals surface area contributed by atoms with E-state index >= 15 is 0 Å². The number of carbonyl (C=O) groups is 2. The number of hydrogen-bond acceptors (Lipinski definition) is 3. The Kier molecular flexibility index (Phi) is 4.47. The van der Waals surface area contributed by atoms with Crippen molar-refractivity contribution in [2.24, 2.45) is 7.05 Å². The van der Waals surface area contributed by atoms with Gasteiger partial charge in [-0.2, -0.15) is 0 Å². The summed E-state index contributed by atoms with van der Waals surface area (Å²) in [5.41, 5.74) is 0.397. The predicted octanol–water partition coefficient (Wildman–Crippen LogP) is 1.32. The van der Waals surface area contributed by atoms with E-state index < -0.39 is 0 Å². The average molecular weight is 296 g/mol. The fourth-order valence-electron chi connectivity index (χ4n) is 1.66. The van der Waals surface area contributed by atoms with Crippen LogP contribution in [0.4, 0.5) is 0 Å². The van der Waals surface area contributed by atoms with Crippen LogP contribution in [0.5, 0.6) is 0 Å². The van der Waals surface area contributed by atoms with Gasteiger partial charge >= 0.3 is 0 Å². The van der Waals surface area contributed by atoms with Gasteiger partial charge in [-0.1, -0.05) is 11.6 Å². The van der Waals surface area contributed by atoms with E-state index in [1.165, 1.54) is 12.3 Å². The molecule has 2 aromatic heterocycles. The molecular formula is C13H14ClN3O3. The monoisotopic (exact) mass is 295 g/mol. The summed E-state index contributed by atoms with van der Waals surface area (Å²) in [6.07, 6.45) is 3.15. The summed E-state index contributed by atoms with van der Waals surface area (Å²) in [6, 6.07) is 5.03. The first-order chi connectivity index (χ1) is 9.56. The Morgan fingerprint density at radius 3 is 2.80 bits per heavy atom. The van der Waals surface area contributed by atoms with Gasteiger partial charge in [0.05, 0.1) is 24.4 Å². The van der Waals surface area contributed by atoms with Crippen LogP contribution in [0.25, 0.3) is 0 Å². The van der Waals surface area contributed by atoms with Gasteiger partial charge in [-0.3, -0.25) is 9.59 Å². The van der Waals surface area contributed by atoms with Crippen molar-refractivity contribution in [1.29, 1.82) is 0 Å². The van der Waals surface area contributed by atoms with Crippen LogP contribution in [0.2, 0.25) is 5.02 Å². The first kappa shape index (κ1) is 14.2. The third-order valence-corrected chi connectivity index (χ3v) is 2.86. The Labute approximate surface area is 120 Å². The summed E-state index contributed by atoms with van der Waals surface area (Å²) in [5.74, 6) is 0.00139. The number of furan rings is 1. The normalized spacial score (nSPS) is 10.3. The van der Waals surface area contributed by atoms with Crippen LogP contribution in [0, 0.1) is 0 Å². The number of nitrogens with one attached hydrogen (secondary N) is 2. The molecule has 0 aliphatic heterocycles. The molecule has 0 fully saturated rings. The molecule has 7 heteroatoms. The van der Waals surface area contributed by atoms with Crippen molar-refractivity contribution in [3.05, 3.63) is 47.1 Å². The molecule has 6 nitrogen and oxygen atoms in total. The van der Waals surface area contributed by atoms with E-state index in [0.717, 1.165) is 0 Å². The number of halogens is 1. The minimum Gasteiger partial charge on any atom is -0.467 e. The lowest BCUT2D eigenvalue weighted by atomic mass is 10.4. The smallest absolute Gasteiger partial charge is 0.268 e. The second-order valence-electron chi connectivity index (χ2n) is 4.19. The summed E-state index contributed by atoms with van der Waals surface area (Å²) < 4.78 is 6.67. The molecule has 106 valence electrons. The molecule has 0 aliphatic carbocycles.